The molecule has 140 valence electrons. The second kappa shape index (κ2) is 8.59. The first kappa shape index (κ1) is 18.7. The van der Waals surface area contributed by atoms with Gasteiger partial charge >= 0.3 is 0 Å². The van der Waals surface area contributed by atoms with E-state index in [1.165, 1.54) is 71.2 Å². The van der Waals surface area contributed by atoms with Crippen LogP contribution in [0.4, 0.5) is 0 Å². The van der Waals surface area contributed by atoms with Gasteiger partial charge in [0, 0.05) is 19.2 Å². The monoisotopic (exact) mass is 393 g/mol. The maximum Gasteiger partial charge on any atom is 0.0991 e. The number of rotatable bonds is 6. The third-order valence-electron chi connectivity index (χ3n) is 6.02. The molecule has 0 aliphatic heterocycles. The molecule has 3 heteroatoms. The third kappa shape index (κ3) is 4.45. The van der Waals surface area contributed by atoms with E-state index in [0.29, 0.717) is 0 Å². The molecule has 0 saturated heterocycles. The quantitative estimate of drug-likeness (QED) is 0.415. The first-order valence-corrected chi connectivity index (χ1v) is 11.9. The first-order valence-electron chi connectivity index (χ1n) is 10.3. The highest BCUT2D eigenvalue weighted by Crippen LogP contribution is 2.40. The van der Waals surface area contributed by atoms with Gasteiger partial charge in [-0.2, -0.15) is 5.26 Å². The van der Waals surface area contributed by atoms with Gasteiger partial charge in [0.1, 0.15) is 0 Å². The average Bonchev–Trinajstić information content (AvgIpc) is 3.27. The van der Waals surface area contributed by atoms with Crippen LogP contribution in [0.25, 0.3) is 19.8 Å². The van der Waals surface area contributed by atoms with Gasteiger partial charge in [-0.3, -0.25) is 0 Å². The van der Waals surface area contributed by atoms with Crippen molar-refractivity contribution in [3.63, 3.8) is 0 Å². The van der Waals surface area contributed by atoms with Crippen molar-refractivity contribution in [2.24, 2.45) is 11.8 Å². The molecule has 1 aliphatic rings. The predicted octanol–water partition coefficient (Wildman–Crippen LogP) is 8.04. The fraction of sp³-hybridized carbons (Fsp3) is 0.458. The Morgan fingerprint density at radius 1 is 0.926 bits per heavy atom. The topological polar surface area (TPSA) is 23.8 Å². The Morgan fingerprint density at radius 2 is 1.59 bits per heavy atom. The van der Waals surface area contributed by atoms with E-state index in [4.69, 9.17) is 5.26 Å². The van der Waals surface area contributed by atoms with Crippen LogP contribution in [0.5, 0.6) is 0 Å². The van der Waals surface area contributed by atoms with E-state index in [-0.39, 0.29) is 0 Å². The molecule has 1 fully saturated rings. The Kier molecular flexibility index (Phi) is 5.95. The summed E-state index contributed by atoms with van der Waals surface area (Å²) >= 11 is 3.86. The number of thiophene rings is 2. The highest BCUT2D eigenvalue weighted by molar-refractivity contribution is 7.29. The molecule has 0 spiro atoms. The van der Waals surface area contributed by atoms with E-state index in [9.17, 15) is 0 Å². The molecule has 0 bridgehead atoms. The van der Waals surface area contributed by atoms with Crippen LogP contribution in [0, 0.1) is 23.2 Å². The van der Waals surface area contributed by atoms with E-state index >= 15 is 0 Å². The zero-order valence-corrected chi connectivity index (χ0v) is 17.7. The van der Waals surface area contributed by atoms with Crippen molar-refractivity contribution >= 4 is 32.1 Å². The lowest BCUT2D eigenvalue weighted by molar-refractivity contribution is 0.252. The van der Waals surface area contributed by atoms with Gasteiger partial charge in [-0.15, -0.1) is 22.7 Å². The van der Waals surface area contributed by atoms with Gasteiger partial charge in [-0.25, -0.2) is 0 Å². The molecular weight excluding hydrogens is 366 g/mol. The summed E-state index contributed by atoms with van der Waals surface area (Å²) in [4.78, 5) is 2.86. The van der Waals surface area contributed by atoms with Crippen molar-refractivity contribution in [3.8, 4) is 16.5 Å². The molecule has 0 atom stereocenters. The minimum Gasteiger partial charge on any atom is -0.192 e. The van der Waals surface area contributed by atoms with Gasteiger partial charge < -0.3 is 0 Å². The van der Waals surface area contributed by atoms with Crippen LogP contribution in [0.1, 0.15) is 62.3 Å². The maximum atomic E-state index is 8.95. The average molecular weight is 394 g/mol. The molecule has 3 aromatic rings. The molecule has 1 nitrogen and oxygen atoms in total. The lowest BCUT2D eigenvalue weighted by atomic mass is 9.78. The normalized spacial score (nSPS) is 20.0. The Balaban J connectivity index is 1.36. The predicted molar refractivity (Wildman–Crippen MR) is 119 cm³/mol. The number of hydrogen-bond donors (Lipinski definition) is 0. The number of aryl methyl sites for hydroxylation is 1. The molecule has 0 amide bonds. The van der Waals surface area contributed by atoms with Crippen molar-refractivity contribution in [3.05, 3.63) is 46.8 Å². The van der Waals surface area contributed by atoms with Crippen LogP contribution in [-0.4, -0.2) is 0 Å². The molecule has 1 aromatic carbocycles. The summed E-state index contributed by atoms with van der Waals surface area (Å²) in [5.41, 5.74) is 1.94. The number of benzene rings is 1. The van der Waals surface area contributed by atoms with Crippen LogP contribution in [0.15, 0.2) is 36.4 Å². The third-order valence-corrected chi connectivity index (χ3v) is 8.42. The van der Waals surface area contributed by atoms with Gasteiger partial charge in [0.15, 0.2) is 0 Å². The van der Waals surface area contributed by atoms with Crippen LogP contribution < -0.4 is 0 Å². The second-order valence-corrected chi connectivity index (χ2v) is 10.2. The minimum absolute atomic E-state index is 0.725. The molecule has 2 heterocycles. The SMILES string of the molecule is CCC[C@H]1CC[C@H](CCc2cc3sc(-c4ccc(C#N)cc4)cc3s2)CC1. The smallest absolute Gasteiger partial charge is 0.0991 e. The highest BCUT2D eigenvalue weighted by Gasteiger charge is 2.20. The fourth-order valence-corrected chi connectivity index (χ4v) is 6.87. The largest absolute Gasteiger partial charge is 0.192 e. The fourth-order valence-electron chi connectivity index (χ4n) is 4.42. The van der Waals surface area contributed by atoms with E-state index in [2.05, 4.69) is 37.3 Å². The highest BCUT2D eigenvalue weighted by atomic mass is 32.1. The summed E-state index contributed by atoms with van der Waals surface area (Å²) in [5, 5.41) is 8.95. The van der Waals surface area contributed by atoms with Gasteiger partial charge in [0.25, 0.3) is 0 Å². The summed E-state index contributed by atoms with van der Waals surface area (Å²) in [7, 11) is 0. The van der Waals surface area contributed by atoms with Crippen molar-refractivity contribution in [1.82, 2.24) is 0 Å². The molecule has 4 rings (SSSR count). The van der Waals surface area contributed by atoms with Gasteiger partial charge in [0.05, 0.1) is 11.6 Å². The Bertz CT molecular complexity index is 886. The number of nitriles is 1. The lowest BCUT2D eigenvalue weighted by Crippen LogP contribution is -2.14. The Hall–Kier alpha value is -1.63. The Labute approximate surface area is 170 Å². The Morgan fingerprint density at radius 3 is 2.22 bits per heavy atom. The van der Waals surface area contributed by atoms with Crippen molar-refractivity contribution < 1.29 is 0 Å². The minimum atomic E-state index is 0.725. The van der Waals surface area contributed by atoms with Crippen LogP contribution in [-0.2, 0) is 6.42 Å². The second-order valence-electron chi connectivity index (χ2n) is 7.96. The molecular formula is C24H27NS2. The van der Waals surface area contributed by atoms with E-state index in [0.717, 1.165) is 17.4 Å². The van der Waals surface area contributed by atoms with E-state index in [1.54, 1.807) is 4.88 Å². The number of hydrogen-bond acceptors (Lipinski definition) is 3. The zero-order valence-electron chi connectivity index (χ0n) is 16.0. The summed E-state index contributed by atoms with van der Waals surface area (Å²) in [6.45, 7) is 2.32. The molecule has 1 aliphatic carbocycles. The van der Waals surface area contributed by atoms with Gasteiger partial charge in [-0.1, -0.05) is 57.6 Å². The molecule has 0 unspecified atom stereocenters. The summed E-state index contributed by atoms with van der Waals surface area (Å²) in [5.74, 6) is 1.96. The van der Waals surface area contributed by atoms with Gasteiger partial charge in [-0.05, 0) is 54.5 Å². The van der Waals surface area contributed by atoms with Crippen LogP contribution >= 0.6 is 22.7 Å². The van der Waals surface area contributed by atoms with E-state index < -0.39 is 0 Å². The standard InChI is InChI=1S/C24H27NS2/c1-2-3-17-4-6-18(7-5-17)10-13-21-14-23-24(26-21)15-22(27-23)20-11-8-19(16-25)9-12-20/h8-9,11-12,14-15,17-18H,2-7,10,13H2,1H3/t17-,18-. The molecule has 27 heavy (non-hydrogen) atoms. The van der Waals surface area contributed by atoms with Crippen LogP contribution in [0.2, 0.25) is 0 Å². The lowest BCUT2D eigenvalue weighted by Gasteiger charge is -2.28. The molecule has 1 saturated carbocycles. The molecule has 0 radical (unpaired) electrons. The number of nitrogens with zero attached hydrogens (tertiary/aromatic N) is 1. The van der Waals surface area contributed by atoms with Gasteiger partial charge in [0.2, 0.25) is 0 Å². The van der Waals surface area contributed by atoms with Crippen molar-refractivity contribution in [2.45, 2.75) is 58.3 Å². The van der Waals surface area contributed by atoms with Crippen molar-refractivity contribution in [2.75, 3.05) is 0 Å². The summed E-state index contributed by atoms with van der Waals surface area (Å²) < 4.78 is 2.84. The summed E-state index contributed by atoms with van der Waals surface area (Å²) in [6, 6.07) is 14.9. The molecule has 2 aromatic heterocycles. The summed E-state index contributed by atoms with van der Waals surface area (Å²) in [6.07, 6.45) is 11.2. The maximum absolute atomic E-state index is 8.95. The zero-order chi connectivity index (χ0) is 18.6. The first-order chi connectivity index (χ1) is 13.2. The number of fused-ring (bicyclic) bond motifs is 1. The molecule has 0 N–H and O–H groups in total. The van der Waals surface area contributed by atoms with Crippen LogP contribution in [0.3, 0.4) is 0 Å². The van der Waals surface area contributed by atoms with Crippen molar-refractivity contribution in [1.29, 1.82) is 5.26 Å². The van der Waals surface area contributed by atoms with E-state index in [1.807, 2.05) is 34.8 Å².